The Labute approximate surface area is 97.7 Å². The molecule has 1 heterocycles. The van der Waals surface area contributed by atoms with Crippen molar-refractivity contribution in [2.24, 2.45) is 7.05 Å². The minimum Gasteiger partial charge on any atom is -0.348 e. The molecular formula is C15H19N. The summed E-state index contributed by atoms with van der Waals surface area (Å²) in [5.41, 5.74) is 5.27. The molecule has 16 heavy (non-hydrogen) atoms. The Morgan fingerprint density at radius 3 is 2.00 bits per heavy atom. The molecule has 0 N–H and O–H groups in total. The Bertz CT molecular complexity index is 475. The van der Waals surface area contributed by atoms with Crippen LogP contribution in [0.1, 0.15) is 31.0 Å². The van der Waals surface area contributed by atoms with E-state index >= 15 is 0 Å². The summed E-state index contributed by atoms with van der Waals surface area (Å²) in [5.74, 6) is 0.601. The molecular weight excluding hydrogens is 194 g/mol. The number of aryl methyl sites for hydroxylation is 1. The molecule has 1 aromatic heterocycles. The minimum absolute atomic E-state index is 0.601. The topological polar surface area (TPSA) is 4.93 Å². The number of rotatable bonds is 2. The first-order valence-corrected chi connectivity index (χ1v) is 5.82. The molecule has 0 bridgehead atoms. The first-order valence-electron chi connectivity index (χ1n) is 5.82. The van der Waals surface area contributed by atoms with Crippen molar-refractivity contribution in [1.82, 2.24) is 4.57 Å². The van der Waals surface area contributed by atoms with Crippen LogP contribution in [-0.4, -0.2) is 4.57 Å². The van der Waals surface area contributed by atoms with Gasteiger partial charge in [0.25, 0.3) is 0 Å². The molecule has 0 atom stereocenters. The van der Waals surface area contributed by atoms with Crippen LogP contribution in [0.3, 0.4) is 0 Å². The fourth-order valence-electron chi connectivity index (χ4n) is 1.94. The van der Waals surface area contributed by atoms with E-state index in [2.05, 4.69) is 68.8 Å². The summed E-state index contributed by atoms with van der Waals surface area (Å²) in [6, 6.07) is 13.2. The quantitative estimate of drug-likeness (QED) is 0.707. The van der Waals surface area contributed by atoms with Crippen molar-refractivity contribution in [2.75, 3.05) is 0 Å². The molecule has 84 valence electrons. The van der Waals surface area contributed by atoms with Gasteiger partial charge in [-0.25, -0.2) is 0 Å². The highest BCUT2D eigenvalue weighted by Gasteiger charge is 2.04. The van der Waals surface area contributed by atoms with Gasteiger partial charge >= 0.3 is 0 Å². The van der Waals surface area contributed by atoms with Crippen LogP contribution in [0.5, 0.6) is 0 Å². The molecule has 2 aromatic rings. The summed E-state index contributed by atoms with van der Waals surface area (Å²) in [6.45, 7) is 6.58. The molecule has 0 aliphatic rings. The van der Waals surface area contributed by atoms with E-state index in [1.807, 2.05) is 0 Å². The van der Waals surface area contributed by atoms with E-state index in [9.17, 15) is 0 Å². The average Bonchev–Trinajstić information content (AvgIpc) is 2.60. The normalized spacial score (nSPS) is 11.1. The zero-order chi connectivity index (χ0) is 11.7. The third-order valence-electron chi connectivity index (χ3n) is 3.25. The summed E-state index contributed by atoms with van der Waals surface area (Å²) < 4.78 is 2.23. The number of nitrogens with zero attached hydrogens (tertiary/aromatic N) is 1. The minimum atomic E-state index is 0.601. The highest BCUT2D eigenvalue weighted by Crippen LogP contribution is 2.23. The van der Waals surface area contributed by atoms with Crippen LogP contribution in [0.25, 0.3) is 11.3 Å². The first kappa shape index (κ1) is 11.0. The zero-order valence-corrected chi connectivity index (χ0v) is 10.5. The van der Waals surface area contributed by atoms with Gasteiger partial charge in [0.15, 0.2) is 0 Å². The van der Waals surface area contributed by atoms with Crippen molar-refractivity contribution < 1.29 is 0 Å². The summed E-state index contributed by atoms with van der Waals surface area (Å²) in [4.78, 5) is 0. The summed E-state index contributed by atoms with van der Waals surface area (Å²) in [7, 11) is 2.11. The first-order chi connectivity index (χ1) is 7.59. The number of hydrogen-bond donors (Lipinski definition) is 0. The van der Waals surface area contributed by atoms with Gasteiger partial charge in [0.1, 0.15) is 0 Å². The Hall–Kier alpha value is -1.50. The van der Waals surface area contributed by atoms with Gasteiger partial charge in [-0.1, -0.05) is 38.1 Å². The fourth-order valence-corrected chi connectivity index (χ4v) is 1.94. The van der Waals surface area contributed by atoms with Crippen molar-refractivity contribution in [3.05, 3.63) is 47.7 Å². The fraction of sp³-hybridized carbons (Fsp3) is 0.333. The van der Waals surface area contributed by atoms with Gasteiger partial charge in [0, 0.05) is 18.4 Å². The predicted octanol–water partition coefficient (Wildman–Crippen LogP) is 4.12. The van der Waals surface area contributed by atoms with Gasteiger partial charge in [0.05, 0.1) is 0 Å². The Balaban J connectivity index is 2.38. The van der Waals surface area contributed by atoms with Crippen LogP contribution in [0.4, 0.5) is 0 Å². The van der Waals surface area contributed by atoms with Crippen molar-refractivity contribution >= 4 is 0 Å². The highest BCUT2D eigenvalue weighted by molar-refractivity contribution is 5.61. The second-order valence-electron chi connectivity index (χ2n) is 4.70. The van der Waals surface area contributed by atoms with E-state index in [-0.39, 0.29) is 0 Å². The molecule has 1 heteroatoms. The maximum Gasteiger partial charge on any atom is 0.0479 e. The van der Waals surface area contributed by atoms with E-state index in [0.29, 0.717) is 5.92 Å². The van der Waals surface area contributed by atoms with Crippen LogP contribution in [0.2, 0.25) is 0 Å². The van der Waals surface area contributed by atoms with Crippen molar-refractivity contribution in [2.45, 2.75) is 26.7 Å². The summed E-state index contributed by atoms with van der Waals surface area (Å²) in [5, 5.41) is 0. The van der Waals surface area contributed by atoms with E-state index < -0.39 is 0 Å². The van der Waals surface area contributed by atoms with Crippen LogP contribution >= 0.6 is 0 Å². The maximum atomic E-state index is 2.23. The van der Waals surface area contributed by atoms with E-state index in [0.717, 1.165) is 0 Å². The number of aromatic nitrogens is 1. The number of hydrogen-bond acceptors (Lipinski definition) is 0. The molecule has 0 radical (unpaired) electrons. The number of benzene rings is 1. The molecule has 0 aliphatic carbocycles. The molecule has 0 unspecified atom stereocenters. The maximum absolute atomic E-state index is 2.23. The van der Waals surface area contributed by atoms with E-state index in [1.54, 1.807) is 0 Å². The SMILES string of the molecule is Cc1ccc(-c2ccc(C(C)C)cc2)n1C. The molecule has 0 saturated carbocycles. The van der Waals surface area contributed by atoms with Gasteiger partial charge in [-0.2, -0.15) is 0 Å². The van der Waals surface area contributed by atoms with Crippen molar-refractivity contribution in [3.8, 4) is 11.3 Å². The Morgan fingerprint density at radius 1 is 0.938 bits per heavy atom. The molecule has 1 nitrogen and oxygen atoms in total. The van der Waals surface area contributed by atoms with Gasteiger partial charge in [-0.05, 0) is 36.1 Å². The predicted molar refractivity (Wildman–Crippen MR) is 69.7 cm³/mol. The molecule has 0 saturated heterocycles. The van der Waals surface area contributed by atoms with E-state index in [4.69, 9.17) is 0 Å². The summed E-state index contributed by atoms with van der Waals surface area (Å²) in [6.07, 6.45) is 0. The van der Waals surface area contributed by atoms with Crippen LogP contribution in [-0.2, 0) is 7.05 Å². The van der Waals surface area contributed by atoms with Crippen LogP contribution in [0.15, 0.2) is 36.4 Å². The van der Waals surface area contributed by atoms with E-state index in [1.165, 1.54) is 22.5 Å². The zero-order valence-electron chi connectivity index (χ0n) is 10.5. The molecule has 0 aliphatic heterocycles. The molecule has 0 spiro atoms. The van der Waals surface area contributed by atoms with Crippen LogP contribution < -0.4 is 0 Å². The monoisotopic (exact) mass is 213 g/mol. The highest BCUT2D eigenvalue weighted by atomic mass is 14.9. The second-order valence-corrected chi connectivity index (χ2v) is 4.70. The lowest BCUT2D eigenvalue weighted by atomic mass is 10.0. The standard InChI is InChI=1S/C15H19N/c1-11(2)13-6-8-14(9-7-13)15-10-5-12(3)16(15)4/h5-11H,1-4H3. The molecule has 2 rings (SSSR count). The average molecular weight is 213 g/mol. The molecule has 0 fully saturated rings. The third kappa shape index (κ3) is 1.90. The lowest BCUT2D eigenvalue weighted by Gasteiger charge is -2.08. The van der Waals surface area contributed by atoms with Crippen molar-refractivity contribution in [3.63, 3.8) is 0 Å². The van der Waals surface area contributed by atoms with Gasteiger partial charge in [0.2, 0.25) is 0 Å². The molecule has 1 aromatic carbocycles. The van der Waals surface area contributed by atoms with Crippen molar-refractivity contribution in [1.29, 1.82) is 0 Å². The lowest BCUT2D eigenvalue weighted by Crippen LogP contribution is -1.94. The molecule has 0 amide bonds. The van der Waals surface area contributed by atoms with Crippen LogP contribution in [0, 0.1) is 6.92 Å². The van der Waals surface area contributed by atoms with Gasteiger partial charge < -0.3 is 4.57 Å². The Morgan fingerprint density at radius 2 is 1.56 bits per heavy atom. The smallest absolute Gasteiger partial charge is 0.0479 e. The summed E-state index contributed by atoms with van der Waals surface area (Å²) >= 11 is 0. The second kappa shape index (κ2) is 4.17. The third-order valence-corrected chi connectivity index (χ3v) is 3.25. The lowest BCUT2D eigenvalue weighted by molar-refractivity contribution is 0.865. The largest absolute Gasteiger partial charge is 0.348 e. The van der Waals surface area contributed by atoms with Gasteiger partial charge in [-0.3, -0.25) is 0 Å². The van der Waals surface area contributed by atoms with Gasteiger partial charge in [-0.15, -0.1) is 0 Å². The Kier molecular flexibility index (Phi) is 2.86.